The number of nitrogens with zero attached hydrogens (tertiary/aromatic N) is 3. The summed E-state index contributed by atoms with van der Waals surface area (Å²) in [5.41, 5.74) is 2.87. The van der Waals surface area contributed by atoms with Gasteiger partial charge in [0.05, 0.1) is 11.2 Å². The number of anilines is 2. The number of hydrogen-bond acceptors (Lipinski definition) is 7. The molecule has 0 spiro atoms. The van der Waals surface area contributed by atoms with E-state index in [2.05, 4.69) is 5.43 Å². The summed E-state index contributed by atoms with van der Waals surface area (Å²) < 4.78 is 24.3. The van der Waals surface area contributed by atoms with E-state index in [1.165, 1.54) is 10.4 Å². The lowest BCUT2D eigenvalue weighted by atomic mass is 10.2. The second-order valence-electron chi connectivity index (χ2n) is 4.72. The van der Waals surface area contributed by atoms with Crippen LogP contribution < -0.4 is 16.2 Å². The third-order valence-corrected chi connectivity index (χ3v) is 4.70. The highest BCUT2D eigenvalue weighted by molar-refractivity contribution is 7.88. The lowest BCUT2D eigenvalue weighted by molar-refractivity contribution is -0.383. The topological polar surface area (TPSA) is 122 Å². The molecule has 0 unspecified atom stereocenters. The Labute approximate surface area is 122 Å². The molecule has 1 fully saturated rings. The van der Waals surface area contributed by atoms with E-state index in [1.54, 1.807) is 17.0 Å². The van der Waals surface area contributed by atoms with Crippen LogP contribution in [0.4, 0.5) is 17.1 Å². The summed E-state index contributed by atoms with van der Waals surface area (Å²) in [5, 5.41) is 11.2. The van der Waals surface area contributed by atoms with E-state index in [4.69, 9.17) is 5.84 Å². The molecule has 9 nitrogen and oxygen atoms in total. The van der Waals surface area contributed by atoms with Crippen LogP contribution >= 0.6 is 0 Å². The number of sulfonamides is 1. The van der Waals surface area contributed by atoms with Gasteiger partial charge in [-0.25, -0.2) is 8.42 Å². The summed E-state index contributed by atoms with van der Waals surface area (Å²) in [6.07, 6.45) is 1.16. The first-order chi connectivity index (χ1) is 9.84. The Bertz CT molecular complexity index is 640. The van der Waals surface area contributed by atoms with Gasteiger partial charge in [0.2, 0.25) is 10.0 Å². The second kappa shape index (κ2) is 5.84. The fourth-order valence-corrected chi connectivity index (χ4v) is 3.18. The molecule has 1 saturated heterocycles. The molecular weight excluding hydrogens is 298 g/mol. The highest BCUT2D eigenvalue weighted by Crippen LogP contribution is 2.35. The largest absolute Gasteiger partial charge is 0.363 e. The van der Waals surface area contributed by atoms with E-state index in [1.807, 2.05) is 0 Å². The number of nitrogens with two attached hydrogens (primary N) is 1. The number of nitro benzene ring substituents is 1. The zero-order valence-corrected chi connectivity index (χ0v) is 12.3. The number of nitrogen functional groups attached to an aromatic ring is 1. The molecule has 10 heteroatoms. The van der Waals surface area contributed by atoms with Crippen molar-refractivity contribution in [2.75, 3.05) is 42.8 Å². The predicted octanol–water partition coefficient (Wildman–Crippen LogP) is -0.0380. The first kappa shape index (κ1) is 15.5. The Balaban J connectivity index is 2.27. The SMILES string of the molecule is CS(=O)(=O)N1CCN(c2cccc(NN)c2[N+](=O)[O-])CC1. The van der Waals surface area contributed by atoms with Crippen LogP contribution in [0.15, 0.2) is 18.2 Å². The molecule has 0 bridgehead atoms. The van der Waals surface area contributed by atoms with Gasteiger partial charge >= 0.3 is 5.69 Å². The van der Waals surface area contributed by atoms with Crippen molar-refractivity contribution in [2.45, 2.75) is 0 Å². The normalized spacial score (nSPS) is 16.8. The van der Waals surface area contributed by atoms with Gasteiger partial charge in [-0.2, -0.15) is 4.31 Å². The Hall–Kier alpha value is -1.91. The van der Waals surface area contributed by atoms with Crippen LogP contribution in [0.25, 0.3) is 0 Å². The molecule has 1 aliphatic heterocycles. The predicted molar refractivity (Wildman–Crippen MR) is 79.5 cm³/mol. The highest BCUT2D eigenvalue weighted by Gasteiger charge is 2.28. The lowest BCUT2D eigenvalue weighted by Crippen LogP contribution is -2.48. The molecule has 1 aliphatic rings. The summed E-state index contributed by atoms with van der Waals surface area (Å²) in [6, 6.07) is 4.82. The maximum Gasteiger partial charge on any atom is 0.316 e. The molecule has 0 aromatic heterocycles. The first-order valence-electron chi connectivity index (χ1n) is 6.28. The summed E-state index contributed by atoms with van der Waals surface area (Å²) in [5.74, 6) is 5.31. The molecule has 21 heavy (non-hydrogen) atoms. The molecule has 1 aromatic carbocycles. The van der Waals surface area contributed by atoms with Crippen LogP contribution in [0.2, 0.25) is 0 Å². The summed E-state index contributed by atoms with van der Waals surface area (Å²) in [7, 11) is -3.23. The molecule has 1 aromatic rings. The number of piperazine rings is 1. The van der Waals surface area contributed by atoms with Crippen molar-refractivity contribution in [2.24, 2.45) is 5.84 Å². The number of rotatable bonds is 4. The van der Waals surface area contributed by atoms with E-state index in [-0.39, 0.29) is 11.4 Å². The van der Waals surface area contributed by atoms with Crippen molar-refractivity contribution >= 4 is 27.1 Å². The Morgan fingerprint density at radius 1 is 1.29 bits per heavy atom. The maximum absolute atomic E-state index is 11.5. The number of hydrazine groups is 1. The Morgan fingerprint density at radius 2 is 1.90 bits per heavy atom. The van der Waals surface area contributed by atoms with Crippen LogP contribution in [0, 0.1) is 10.1 Å². The number of nitro groups is 1. The minimum absolute atomic E-state index is 0.104. The van der Waals surface area contributed by atoms with E-state index in [0.29, 0.717) is 31.9 Å². The van der Waals surface area contributed by atoms with Crippen molar-refractivity contribution in [1.82, 2.24) is 4.31 Å². The van der Waals surface area contributed by atoms with Crippen LogP contribution in [0.5, 0.6) is 0 Å². The van der Waals surface area contributed by atoms with Gasteiger partial charge in [0.1, 0.15) is 11.4 Å². The van der Waals surface area contributed by atoms with Gasteiger partial charge in [0.15, 0.2) is 0 Å². The third kappa shape index (κ3) is 3.23. The lowest BCUT2D eigenvalue weighted by Gasteiger charge is -2.34. The molecule has 0 saturated carbocycles. The first-order valence-corrected chi connectivity index (χ1v) is 8.13. The van der Waals surface area contributed by atoms with E-state index in [9.17, 15) is 18.5 Å². The molecule has 0 amide bonds. The fraction of sp³-hybridized carbons (Fsp3) is 0.455. The van der Waals surface area contributed by atoms with Gasteiger partial charge in [0.25, 0.3) is 0 Å². The van der Waals surface area contributed by atoms with Crippen LogP contribution in [0.1, 0.15) is 0 Å². The van der Waals surface area contributed by atoms with E-state index in [0.717, 1.165) is 6.26 Å². The van der Waals surface area contributed by atoms with E-state index < -0.39 is 14.9 Å². The standard InChI is InChI=1S/C11H17N5O4S/c1-21(19,20)15-7-5-14(6-8-15)10-4-2-3-9(13-12)11(10)16(17)18/h2-4,13H,5-8,12H2,1H3. The van der Waals surface area contributed by atoms with Gasteiger partial charge < -0.3 is 10.3 Å². The van der Waals surface area contributed by atoms with Gasteiger partial charge in [0, 0.05) is 26.2 Å². The summed E-state index contributed by atoms with van der Waals surface area (Å²) in [6.45, 7) is 1.39. The molecule has 2 rings (SSSR count). The Morgan fingerprint density at radius 3 is 2.38 bits per heavy atom. The molecule has 0 aliphatic carbocycles. The molecule has 0 radical (unpaired) electrons. The fourth-order valence-electron chi connectivity index (χ4n) is 2.36. The molecule has 3 N–H and O–H groups in total. The minimum Gasteiger partial charge on any atom is -0.363 e. The number of nitrogens with one attached hydrogen (secondary N) is 1. The molecular formula is C11H17N5O4S. The molecule has 1 heterocycles. The molecule has 116 valence electrons. The van der Waals surface area contributed by atoms with E-state index >= 15 is 0 Å². The van der Waals surface area contributed by atoms with Gasteiger partial charge in [-0.05, 0) is 12.1 Å². The highest BCUT2D eigenvalue weighted by atomic mass is 32.2. The minimum atomic E-state index is -3.23. The number of benzene rings is 1. The van der Waals surface area contributed by atoms with Crippen molar-refractivity contribution in [3.63, 3.8) is 0 Å². The van der Waals surface area contributed by atoms with Crippen molar-refractivity contribution in [3.8, 4) is 0 Å². The van der Waals surface area contributed by atoms with Crippen LogP contribution in [-0.2, 0) is 10.0 Å². The third-order valence-electron chi connectivity index (χ3n) is 3.40. The van der Waals surface area contributed by atoms with Gasteiger partial charge in [-0.3, -0.25) is 16.0 Å². The van der Waals surface area contributed by atoms with Gasteiger partial charge in [-0.1, -0.05) is 6.07 Å². The van der Waals surface area contributed by atoms with Crippen LogP contribution in [0.3, 0.4) is 0 Å². The van der Waals surface area contributed by atoms with Crippen LogP contribution in [-0.4, -0.2) is 50.1 Å². The zero-order chi connectivity index (χ0) is 15.6. The monoisotopic (exact) mass is 315 g/mol. The van der Waals surface area contributed by atoms with Crippen molar-refractivity contribution in [3.05, 3.63) is 28.3 Å². The quantitative estimate of drug-likeness (QED) is 0.454. The Kier molecular flexibility index (Phi) is 4.30. The molecule has 0 atom stereocenters. The maximum atomic E-state index is 11.5. The van der Waals surface area contributed by atoms with Crippen molar-refractivity contribution < 1.29 is 13.3 Å². The van der Waals surface area contributed by atoms with Gasteiger partial charge in [-0.15, -0.1) is 0 Å². The second-order valence-corrected chi connectivity index (χ2v) is 6.71. The zero-order valence-electron chi connectivity index (χ0n) is 11.5. The number of para-hydroxylation sites is 1. The summed E-state index contributed by atoms with van der Waals surface area (Å²) in [4.78, 5) is 12.5. The summed E-state index contributed by atoms with van der Waals surface area (Å²) >= 11 is 0. The smallest absolute Gasteiger partial charge is 0.316 e. The average Bonchev–Trinajstić information content (AvgIpc) is 2.45. The average molecular weight is 315 g/mol. The van der Waals surface area contributed by atoms with Crippen molar-refractivity contribution in [1.29, 1.82) is 0 Å². The number of hydrogen-bond donors (Lipinski definition) is 2.